The molecule has 5 aliphatic carbocycles. The average Bonchev–Trinajstić information content (AvgIpc) is 2.67. The molecule has 0 heteroatoms. The van der Waals surface area contributed by atoms with Gasteiger partial charge >= 0.3 is 0 Å². The Morgan fingerprint density at radius 3 is 2.42 bits per heavy atom. The van der Waals surface area contributed by atoms with Gasteiger partial charge < -0.3 is 0 Å². The van der Waals surface area contributed by atoms with Gasteiger partial charge in [0.1, 0.15) is 0 Å². The van der Waals surface area contributed by atoms with E-state index in [2.05, 4.69) is 6.92 Å². The number of hydrogen-bond acceptors (Lipinski definition) is 0. The molecule has 0 aliphatic heterocycles. The Kier molecular flexibility index (Phi) is 0.875. The van der Waals surface area contributed by atoms with Crippen molar-refractivity contribution in [2.45, 2.75) is 39.0 Å². The maximum Gasteiger partial charge on any atom is -0.0261 e. The number of rotatable bonds is 1. The van der Waals surface area contributed by atoms with Gasteiger partial charge in [-0.2, -0.15) is 0 Å². The maximum absolute atomic E-state index is 2.59. The van der Waals surface area contributed by atoms with Crippen molar-refractivity contribution in [2.75, 3.05) is 0 Å². The van der Waals surface area contributed by atoms with Crippen LogP contribution in [0.2, 0.25) is 0 Å². The summed E-state index contributed by atoms with van der Waals surface area (Å²) < 4.78 is 0. The summed E-state index contributed by atoms with van der Waals surface area (Å²) in [5.41, 5.74) is 0.859. The standard InChI is InChI=1S/C12H18/c1-12-5-4-8-6-9(12)10(11(8)12)7-2-3-7/h7-11H,2-6H2,1H3. The minimum Gasteiger partial charge on any atom is -0.0591 e. The van der Waals surface area contributed by atoms with Crippen molar-refractivity contribution < 1.29 is 0 Å². The summed E-state index contributed by atoms with van der Waals surface area (Å²) in [5, 5.41) is 0. The number of hydrogen-bond donors (Lipinski definition) is 0. The maximum atomic E-state index is 2.59. The summed E-state index contributed by atoms with van der Waals surface area (Å²) in [7, 11) is 0. The molecule has 0 N–H and O–H groups in total. The topological polar surface area (TPSA) is 0 Å². The van der Waals surface area contributed by atoms with Crippen molar-refractivity contribution in [1.82, 2.24) is 0 Å². The molecule has 66 valence electrons. The molecule has 12 heavy (non-hydrogen) atoms. The fourth-order valence-corrected chi connectivity index (χ4v) is 5.26. The molecule has 0 heterocycles. The third-order valence-electron chi connectivity index (χ3n) is 5.77. The van der Waals surface area contributed by atoms with Crippen LogP contribution in [-0.4, -0.2) is 0 Å². The fourth-order valence-electron chi connectivity index (χ4n) is 5.26. The van der Waals surface area contributed by atoms with E-state index in [1.807, 2.05) is 0 Å². The Bertz CT molecular complexity index is 240. The zero-order valence-corrected chi connectivity index (χ0v) is 7.92. The quantitative estimate of drug-likeness (QED) is 0.556. The van der Waals surface area contributed by atoms with Gasteiger partial charge in [0.25, 0.3) is 0 Å². The minimum atomic E-state index is 0.859. The first-order valence-electron chi connectivity index (χ1n) is 5.81. The van der Waals surface area contributed by atoms with Crippen LogP contribution in [0.5, 0.6) is 0 Å². The van der Waals surface area contributed by atoms with Crippen LogP contribution in [-0.2, 0) is 0 Å². The van der Waals surface area contributed by atoms with E-state index in [-0.39, 0.29) is 0 Å². The van der Waals surface area contributed by atoms with E-state index < -0.39 is 0 Å². The molecule has 0 aromatic rings. The van der Waals surface area contributed by atoms with Gasteiger partial charge in [0.2, 0.25) is 0 Å². The van der Waals surface area contributed by atoms with Crippen molar-refractivity contribution in [3.05, 3.63) is 0 Å². The van der Waals surface area contributed by atoms with Gasteiger partial charge in [0.05, 0.1) is 0 Å². The van der Waals surface area contributed by atoms with Crippen LogP contribution < -0.4 is 0 Å². The van der Waals surface area contributed by atoms with Crippen LogP contribution >= 0.6 is 0 Å². The summed E-state index contributed by atoms with van der Waals surface area (Å²) in [6.45, 7) is 2.59. The predicted octanol–water partition coefficient (Wildman–Crippen LogP) is 3.08. The van der Waals surface area contributed by atoms with Crippen LogP contribution in [0.1, 0.15) is 39.0 Å². The van der Waals surface area contributed by atoms with Crippen molar-refractivity contribution in [3.8, 4) is 0 Å². The minimum absolute atomic E-state index is 0.859. The van der Waals surface area contributed by atoms with E-state index in [4.69, 9.17) is 0 Å². The Labute approximate surface area is 74.7 Å². The Hall–Kier alpha value is 0. The molecule has 5 unspecified atom stereocenters. The lowest BCUT2D eigenvalue weighted by Crippen LogP contribution is -2.48. The van der Waals surface area contributed by atoms with Crippen LogP contribution in [0.4, 0.5) is 0 Å². The first kappa shape index (κ1) is 6.45. The third-order valence-corrected chi connectivity index (χ3v) is 5.77. The van der Waals surface area contributed by atoms with Gasteiger partial charge in [0.15, 0.2) is 0 Å². The van der Waals surface area contributed by atoms with E-state index >= 15 is 0 Å². The van der Waals surface area contributed by atoms with Crippen LogP contribution in [0, 0.1) is 35.0 Å². The molecule has 0 saturated heterocycles. The second kappa shape index (κ2) is 1.63. The third kappa shape index (κ3) is 0.482. The second-order valence-corrected chi connectivity index (χ2v) is 6.09. The van der Waals surface area contributed by atoms with E-state index in [9.17, 15) is 0 Å². The van der Waals surface area contributed by atoms with Crippen LogP contribution in [0.3, 0.4) is 0 Å². The Morgan fingerprint density at radius 1 is 1.08 bits per heavy atom. The molecule has 0 nitrogen and oxygen atoms in total. The molecule has 5 rings (SSSR count). The lowest BCUT2D eigenvalue weighted by atomic mass is 9.52. The van der Waals surface area contributed by atoms with Crippen LogP contribution in [0.15, 0.2) is 0 Å². The zero-order chi connectivity index (χ0) is 7.92. The van der Waals surface area contributed by atoms with Crippen molar-refractivity contribution in [1.29, 1.82) is 0 Å². The molecule has 0 radical (unpaired) electrons. The molecule has 0 aromatic heterocycles. The van der Waals surface area contributed by atoms with E-state index in [1.54, 1.807) is 32.1 Å². The first-order valence-corrected chi connectivity index (χ1v) is 5.81. The second-order valence-electron chi connectivity index (χ2n) is 6.09. The molecule has 5 fully saturated rings. The van der Waals surface area contributed by atoms with Gasteiger partial charge in [-0.15, -0.1) is 0 Å². The SMILES string of the molecule is CC12CCC3CC1C(C1CC1)C32. The van der Waals surface area contributed by atoms with Crippen molar-refractivity contribution in [2.24, 2.45) is 35.0 Å². The zero-order valence-electron chi connectivity index (χ0n) is 7.92. The summed E-state index contributed by atoms with van der Waals surface area (Å²) in [6, 6.07) is 0. The lowest BCUT2D eigenvalue weighted by Gasteiger charge is -2.53. The average molecular weight is 162 g/mol. The highest BCUT2D eigenvalue weighted by Crippen LogP contribution is 2.78. The van der Waals surface area contributed by atoms with Gasteiger partial charge in [-0.05, 0) is 67.1 Å². The van der Waals surface area contributed by atoms with E-state index in [1.165, 1.54) is 29.6 Å². The van der Waals surface area contributed by atoms with E-state index in [0.29, 0.717) is 0 Å². The Balaban J connectivity index is 1.73. The van der Waals surface area contributed by atoms with Crippen molar-refractivity contribution in [3.63, 3.8) is 0 Å². The normalized spacial score (nSPS) is 66.8. The van der Waals surface area contributed by atoms with Crippen molar-refractivity contribution >= 4 is 0 Å². The highest BCUT2D eigenvalue weighted by atomic mass is 14.8. The molecule has 0 amide bonds. The molecular formula is C12H18. The molecule has 5 atom stereocenters. The highest BCUT2D eigenvalue weighted by molar-refractivity contribution is 5.20. The molecule has 4 bridgehead atoms. The Morgan fingerprint density at radius 2 is 1.92 bits per heavy atom. The van der Waals surface area contributed by atoms with Gasteiger partial charge in [-0.25, -0.2) is 0 Å². The summed E-state index contributed by atoms with van der Waals surface area (Å²) >= 11 is 0. The predicted molar refractivity (Wildman–Crippen MR) is 48.6 cm³/mol. The monoisotopic (exact) mass is 162 g/mol. The molecule has 0 aromatic carbocycles. The summed E-state index contributed by atoms with van der Waals surface area (Å²) in [5.74, 6) is 6.01. The lowest BCUT2D eigenvalue weighted by molar-refractivity contribution is -0.0510. The highest BCUT2D eigenvalue weighted by Gasteiger charge is 2.72. The fraction of sp³-hybridized carbons (Fsp3) is 1.00. The molecular weight excluding hydrogens is 144 g/mol. The summed E-state index contributed by atoms with van der Waals surface area (Å²) in [4.78, 5) is 0. The molecule has 5 saturated carbocycles. The van der Waals surface area contributed by atoms with Gasteiger partial charge in [0, 0.05) is 0 Å². The summed E-state index contributed by atoms with van der Waals surface area (Å²) in [6.07, 6.45) is 7.96. The first-order chi connectivity index (χ1) is 5.81. The smallest absolute Gasteiger partial charge is 0.0261 e. The van der Waals surface area contributed by atoms with Gasteiger partial charge in [-0.1, -0.05) is 6.92 Å². The largest absolute Gasteiger partial charge is 0.0591 e. The van der Waals surface area contributed by atoms with Crippen LogP contribution in [0.25, 0.3) is 0 Å². The molecule has 0 spiro atoms. The van der Waals surface area contributed by atoms with E-state index in [0.717, 1.165) is 5.41 Å². The molecule has 5 aliphatic rings. The van der Waals surface area contributed by atoms with Gasteiger partial charge in [-0.3, -0.25) is 0 Å².